The van der Waals surface area contributed by atoms with Crippen LogP contribution in [0.15, 0.2) is 53.4 Å². The Hall–Kier alpha value is -2.18. The van der Waals surface area contributed by atoms with Crippen molar-refractivity contribution in [1.82, 2.24) is 4.90 Å². The number of para-hydroxylation sites is 2. The molecule has 7 heteroatoms. The second-order valence-corrected chi connectivity index (χ2v) is 8.76. The molecule has 1 aliphatic heterocycles. The first-order valence-corrected chi connectivity index (χ1v) is 11.1. The summed E-state index contributed by atoms with van der Waals surface area (Å²) in [6.45, 7) is 6.77. The Morgan fingerprint density at radius 1 is 1.03 bits per heavy atom. The lowest BCUT2D eigenvalue weighted by Gasteiger charge is -2.37. The summed E-state index contributed by atoms with van der Waals surface area (Å²) in [5.74, 6) is 0.495. The van der Waals surface area contributed by atoms with E-state index in [0.29, 0.717) is 23.9 Å². The van der Waals surface area contributed by atoms with E-state index >= 15 is 0 Å². The molecule has 2 amide bonds. The minimum Gasteiger partial charge on any atom is -0.366 e. The number of benzene rings is 2. The van der Waals surface area contributed by atoms with Crippen LogP contribution in [-0.4, -0.2) is 48.6 Å². The number of anilines is 2. The molecule has 29 heavy (non-hydrogen) atoms. The van der Waals surface area contributed by atoms with Gasteiger partial charge >= 0.3 is 0 Å². The van der Waals surface area contributed by atoms with Gasteiger partial charge in [0.2, 0.25) is 11.8 Å². The number of rotatable bonds is 6. The highest BCUT2D eigenvalue weighted by Gasteiger charge is 2.24. The van der Waals surface area contributed by atoms with Gasteiger partial charge in [-0.3, -0.25) is 9.59 Å². The van der Waals surface area contributed by atoms with Crippen LogP contribution in [0.5, 0.6) is 0 Å². The van der Waals surface area contributed by atoms with Crippen molar-refractivity contribution in [1.29, 1.82) is 0 Å². The largest absolute Gasteiger partial charge is 0.366 e. The van der Waals surface area contributed by atoms with E-state index in [1.807, 2.05) is 67.3 Å². The van der Waals surface area contributed by atoms with Gasteiger partial charge in [-0.15, -0.1) is 11.8 Å². The second-order valence-electron chi connectivity index (χ2n) is 7.27. The third-order valence-electron chi connectivity index (χ3n) is 4.79. The summed E-state index contributed by atoms with van der Waals surface area (Å²) >= 11 is 7.38. The van der Waals surface area contributed by atoms with Crippen molar-refractivity contribution in [3.05, 3.63) is 53.6 Å². The molecular formula is C22H26ClN3O2S. The summed E-state index contributed by atoms with van der Waals surface area (Å²) in [5.41, 5.74) is 1.80. The van der Waals surface area contributed by atoms with Gasteiger partial charge in [-0.05, 0) is 36.4 Å². The lowest BCUT2D eigenvalue weighted by atomic mass is 10.1. The zero-order chi connectivity index (χ0) is 20.8. The molecule has 3 rings (SSSR count). The van der Waals surface area contributed by atoms with Crippen LogP contribution in [0.3, 0.4) is 0 Å². The zero-order valence-corrected chi connectivity index (χ0v) is 18.3. The average Bonchev–Trinajstić information content (AvgIpc) is 2.73. The molecule has 0 aliphatic carbocycles. The molecule has 0 spiro atoms. The summed E-state index contributed by atoms with van der Waals surface area (Å²) in [6, 6.07) is 15.3. The molecule has 1 aliphatic rings. The predicted molar refractivity (Wildman–Crippen MR) is 121 cm³/mol. The molecule has 2 aromatic rings. The van der Waals surface area contributed by atoms with Gasteiger partial charge in [0.1, 0.15) is 0 Å². The summed E-state index contributed by atoms with van der Waals surface area (Å²) in [4.78, 5) is 29.8. The van der Waals surface area contributed by atoms with Gasteiger partial charge in [-0.25, -0.2) is 0 Å². The molecule has 2 aromatic carbocycles. The molecule has 0 atom stereocenters. The molecule has 1 N–H and O–H groups in total. The second kappa shape index (κ2) is 10.0. The number of nitrogens with one attached hydrogen (secondary N) is 1. The van der Waals surface area contributed by atoms with Gasteiger partial charge in [0.15, 0.2) is 0 Å². The number of carbonyl (C=O) groups is 2. The number of hydrogen-bond donors (Lipinski definition) is 1. The van der Waals surface area contributed by atoms with Crippen LogP contribution in [0.4, 0.5) is 11.4 Å². The van der Waals surface area contributed by atoms with E-state index in [9.17, 15) is 9.59 Å². The molecule has 0 unspecified atom stereocenters. The minimum absolute atomic E-state index is 0.0197. The molecule has 5 nitrogen and oxygen atoms in total. The fraction of sp³-hybridized carbons (Fsp3) is 0.364. The Labute approximate surface area is 181 Å². The minimum atomic E-state index is -0.0500. The summed E-state index contributed by atoms with van der Waals surface area (Å²) < 4.78 is 0. The van der Waals surface area contributed by atoms with Gasteiger partial charge < -0.3 is 15.1 Å². The van der Waals surface area contributed by atoms with Crippen LogP contribution in [0.2, 0.25) is 5.02 Å². The predicted octanol–water partition coefficient (Wildman–Crippen LogP) is 4.38. The van der Waals surface area contributed by atoms with E-state index < -0.39 is 0 Å². The van der Waals surface area contributed by atoms with Crippen molar-refractivity contribution < 1.29 is 9.59 Å². The van der Waals surface area contributed by atoms with Gasteiger partial charge in [-0.1, -0.05) is 37.6 Å². The van der Waals surface area contributed by atoms with Crippen molar-refractivity contribution in [2.75, 3.05) is 42.1 Å². The van der Waals surface area contributed by atoms with E-state index in [4.69, 9.17) is 11.6 Å². The quantitative estimate of drug-likeness (QED) is 0.690. The van der Waals surface area contributed by atoms with Crippen LogP contribution < -0.4 is 10.2 Å². The fourth-order valence-corrected chi connectivity index (χ4v) is 4.08. The molecule has 0 aromatic heterocycles. The van der Waals surface area contributed by atoms with E-state index in [2.05, 4.69) is 10.2 Å². The van der Waals surface area contributed by atoms with E-state index in [1.165, 1.54) is 11.8 Å². The van der Waals surface area contributed by atoms with Crippen molar-refractivity contribution in [2.24, 2.45) is 5.92 Å². The van der Waals surface area contributed by atoms with E-state index in [0.717, 1.165) is 29.4 Å². The maximum absolute atomic E-state index is 12.5. The number of piperazine rings is 1. The SMILES string of the molecule is CC(C)C(=O)N1CCN(c2ccccc2NC(=O)CSc2ccc(Cl)cc2)CC1. The van der Waals surface area contributed by atoms with Gasteiger partial charge in [0, 0.05) is 42.0 Å². The zero-order valence-electron chi connectivity index (χ0n) is 16.7. The molecule has 0 bridgehead atoms. The molecule has 1 saturated heterocycles. The van der Waals surface area contributed by atoms with Crippen molar-refractivity contribution in [3.8, 4) is 0 Å². The first-order valence-electron chi connectivity index (χ1n) is 9.75. The first-order chi connectivity index (χ1) is 13.9. The number of carbonyl (C=O) groups excluding carboxylic acids is 2. The highest BCUT2D eigenvalue weighted by molar-refractivity contribution is 8.00. The molecule has 1 fully saturated rings. The number of hydrogen-bond acceptors (Lipinski definition) is 4. The van der Waals surface area contributed by atoms with Crippen LogP contribution >= 0.6 is 23.4 Å². The van der Waals surface area contributed by atoms with Crippen molar-refractivity contribution >= 4 is 46.6 Å². The maximum Gasteiger partial charge on any atom is 0.234 e. The third kappa shape index (κ3) is 5.90. The lowest BCUT2D eigenvalue weighted by Crippen LogP contribution is -2.50. The topological polar surface area (TPSA) is 52.7 Å². The average molecular weight is 432 g/mol. The summed E-state index contributed by atoms with van der Waals surface area (Å²) in [5, 5.41) is 3.72. The molecule has 0 saturated carbocycles. The van der Waals surface area contributed by atoms with Gasteiger partial charge in [-0.2, -0.15) is 0 Å². The molecule has 0 radical (unpaired) electrons. The third-order valence-corrected chi connectivity index (χ3v) is 6.05. The Balaban J connectivity index is 1.58. The molecule has 154 valence electrons. The molecular weight excluding hydrogens is 406 g/mol. The van der Waals surface area contributed by atoms with Crippen molar-refractivity contribution in [2.45, 2.75) is 18.7 Å². The summed E-state index contributed by atoms with van der Waals surface area (Å²) in [6.07, 6.45) is 0. The van der Waals surface area contributed by atoms with Gasteiger partial charge in [0.25, 0.3) is 0 Å². The highest BCUT2D eigenvalue weighted by atomic mass is 35.5. The van der Waals surface area contributed by atoms with Crippen molar-refractivity contribution in [3.63, 3.8) is 0 Å². The van der Waals surface area contributed by atoms with Crippen LogP contribution in [0, 0.1) is 5.92 Å². The number of amides is 2. The van der Waals surface area contributed by atoms with E-state index in [-0.39, 0.29) is 17.7 Å². The Kier molecular flexibility index (Phi) is 7.45. The normalized spacial score (nSPS) is 14.2. The smallest absolute Gasteiger partial charge is 0.234 e. The number of thioether (sulfide) groups is 1. The monoisotopic (exact) mass is 431 g/mol. The van der Waals surface area contributed by atoms with Gasteiger partial charge in [0.05, 0.1) is 17.1 Å². The summed E-state index contributed by atoms with van der Waals surface area (Å²) in [7, 11) is 0. The van der Waals surface area contributed by atoms with Crippen LogP contribution in [-0.2, 0) is 9.59 Å². The maximum atomic E-state index is 12.5. The first kappa shape index (κ1) is 21.5. The Morgan fingerprint density at radius 2 is 1.69 bits per heavy atom. The Morgan fingerprint density at radius 3 is 2.34 bits per heavy atom. The molecule has 1 heterocycles. The number of nitrogens with zero attached hydrogens (tertiary/aromatic N) is 2. The standard InChI is InChI=1S/C22H26ClN3O2S/c1-16(2)22(28)26-13-11-25(12-14-26)20-6-4-3-5-19(20)24-21(27)15-29-18-9-7-17(23)8-10-18/h3-10,16H,11-15H2,1-2H3,(H,24,27). The Bertz CT molecular complexity index is 849. The fourth-order valence-electron chi connectivity index (χ4n) is 3.25. The lowest BCUT2D eigenvalue weighted by molar-refractivity contribution is -0.134. The number of halogens is 1. The van der Waals surface area contributed by atoms with Crippen LogP contribution in [0.25, 0.3) is 0 Å². The van der Waals surface area contributed by atoms with E-state index in [1.54, 1.807) is 0 Å². The highest BCUT2D eigenvalue weighted by Crippen LogP contribution is 2.27. The van der Waals surface area contributed by atoms with Crippen LogP contribution in [0.1, 0.15) is 13.8 Å².